The van der Waals surface area contributed by atoms with Gasteiger partial charge in [0, 0.05) is 11.5 Å². The lowest BCUT2D eigenvalue weighted by atomic mass is 9.33. The number of hydrogen-bond donors (Lipinski definition) is 1. The van der Waals surface area contributed by atoms with Crippen LogP contribution in [0.1, 0.15) is 118 Å². The summed E-state index contributed by atoms with van der Waals surface area (Å²) in [5.41, 5.74) is 11.9. The number of nitrogens with two attached hydrogens (primary N) is 1. The first-order valence-corrected chi connectivity index (χ1v) is 15.1. The second kappa shape index (κ2) is 7.81. The third-order valence-corrected chi connectivity index (χ3v) is 14.0. The highest BCUT2D eigenvalue weighted by Crippen LogP contribution is 2.75. The minimum Gasteiger partial charge on any atom is -0.325 e. The average molecular weight is 478 g/mol. The molecule has 6 rings (SSSR count). The molecule has 2 N–H and O–H groups in total. The maximum atomic E-state index is 11.3. The Morgan fingerprint density at radius 1 is 0.829 bits per heavy atom. The van der Waals surface area contributed by atoms with E-state index >= 15 is 0 Å². The summed E-state index contributed by atoms with van der Waals surface area (Å²) in [6.07, 6.45) is 22.8. The molecule has 0 radical (unpaired) electrons. The van der Waals surface area contributed by atoms with E-state index in [0.717, 1.165) is 42.9 Å². The van der Waals surface area contributed by atoms with Gasteiger partial charge in [-0.3, -0.25) is 0 Å². The topological polar surface area (TPSA) is 43.1 Å². The van der Waals surface area contributed by atoms with E-state index in [0.29, 0.717) is 16.2 Å². The van der Waals surface area contributed by atoms with Crippen molar-refractivity contribution in [2.24, 2.45) is 57.0 Å². The fourth-order valence-electron chi connectivity index (χ4n) is 12.0. The smallest absolute Gasteiger partial charge is 0.123 e. The highest BCUT2D eigenvalue weighted by molar-refractivity contribution is 5.55. The molecular weight excluding hydrogens is 426 g/mol. The van der Waals surface area contributed by atoms with Crippen molar-refractivity contribution in [2.75, 3.05) is 0 Å². The lowest BCUT2D eigenvalue weighted by Crippen LogP contribution is -2.66. The zero-order valence-corrected chi connectivity index (χ0v) is 23.3. The van der Waals surface area contributed by atoms with E-state index < -0.39 is 0 Å². The van der Waals surface area contributed by atoms with Gasteiger partial charge in [-0.05, 0) is 134 Å². The van der Waals surface area contributed by atoms with Crippen LogP contribution in [0.4, 0.5) is 0 Å². The Morgan fingerprint density at radius 3 is 2.34 bits per heavy atom. The Balaban J connectivity index is 1.34. The van der Waals surface area contributed by atoms with Gasteiger partial charge in [0.25, 0.3) is 0 Å². The van der Waals surface area contributed by atoms with Crippen LogP contribution < -0.4 is 5.73 Å². The predicted molar refractivity (Wildman–Crippen MR) is 145 cm³/mol. The summed E-state index contributed by atoms with van der Waals surface area (Å²) in [6, 6.07) is 0. The third kappa shape index (κ3) is 3.13. The van der Waals surface area contributed by atoms with Gasteiger partial charge in [-0.15, -0.1) is 0 Å². The molecule has 194 valence electrons. The molecule has 0 amide bonds. The number of rotatable bonds is 2. The quantitative estimate of drug-likeness (QED) is 0.409. The van der Waals surface area contributed by atoms with Gasteiger partial charge in [-0.1, -0.05) is 53.2 Å². The fourth-order valence-corrected chi connectivity index (χ4v) is 12.0. The number of aldehydes is 1. The van der Waals surface area contributed by atoms with Gasteiger partial charge >= 0.3 is 0 Å². The second-order valence-corrected chi connectivity index (χ2v) is 15.3. The molecule has 0 bridgehead atoms. The molecule has 6 aliphatic rings. The molecule has 9 atom stereocenters. The fraction of sp³-hybridized carbons (Fsp3) is 0.848. The van der Waals surface area contributed by atoms with Gasteiger partial charge in [0.05, 0.1) is 0 Å². The Morgan fingerprint density at radius 2 is 1.63 bits per heavy atom. The van der Waals surface area contributed by atoms with Crippen molar-refractivity contribution in [3.63, 3.8) is 0 Å². The van der Waals surface area contributed by atoms with Crippen molar-refractivity contribution in [3.05, 3.63) is 23.3 Å². The van der Waals surface area contributed by atoms with Gasteiger partial charge in [0.15, 0.2) is 0 Å². The minimum absolute atomic E-state index is 0.148. The SMILES string of the molecule is CC1(C)C(C2=CCC(C=O)CC2)=CCC2(C)C1CCC1(C)C2CCC2C3CCCC3(N)CCC21C. The molecule has 0 heterocycles. The second-order valence-electron chi connectivity index (χ2n) is 15.3. The van der Waals surface area contributed by atoms with Crippen LogP contribution in [-0.4, -0.2) is 11.8 Å². The van der Waals surface area contributed by atoms with Crippen LogP contribution in [0, 0.1) is 51.2 Å². The number of fused-ring (bicyclic) bond motifs is 7. The first kappa shape index (κ1) is 24.4. The van der Waals surface area contributed by atoms with Crippen molar-refractivity contribution in [1.29, 1.82) is 0 Å². The summed E-state index contributed by atoms with van der Waals surface area (Å²) >= 11 is 0. The van der Waals surface area contributed by atoms with Crippen molar-refractivity contribution < 1.29 is 4.79 Å². The molecule has 6 aliphatic carbocycles. The van der Waals surface area contributed by atoms with Crippen molar-refractivity contribution in [1.82, 2.24) is 0 Å². The van der Waals surface area contributed by atoms with Gasteiger partial charge in [-0.2, -0.15) is 0 Å². The number of hydrogen-bond acceptors (Lipinski definition) is 2. The van der Waals surface area contributed by atoms with E-state index in [1.165, 1.54) is 70.5 Å². The van der Waals surface area contributed by atoms with Crippen LogP contribution in [0.5, 0.6) is 0 Å². The lowest BCUT2D eigenvalue weighted by molar-refractivity contribution is -0.216. The van der Waals surface area contributed by atoms with Crippen LogP contribution in [0.3, 0.4) is 0 Å². The van der Waals surface area contributed by atoms with Crippen molar-refractivity contribution >= 4 is 6.29 Å². The number of carbonyl (C=O) groups is 1. The normalized spacial score (nSPS) is 52.8. The lowest BCUT2D eigenvalue weighted by Gasteiger charge is -2.72. The van der Waals surface area contributed by atoms with Crippen LogP contribution >= 0.6 is 0 Å². The molecule has 0 spiro atoms. The monoisotopic (exact) mass is 477 g/mol. The van der Waals surface area contributed by atoms with E-state index in [-0.39, 0.29) is 16.9 Å². The van der Waals surface area contributed by atoms with Crippen molar-refractivity contribution in [2.45, 2.75) is 124 Å². The van der Waals surface area contributed by atoms with E-state index in [1.54, 1.807) is 11.1 Å². The third-order valence-electron chi connectivity index (χ3n) is 14.0. The van der Waals surface area contributed by atoms with E-state index in [9.17, 15) is 4.79 Å². The van der Waals surface area contributed by atoms with E-state index in [1.807, 2.05) is 0 Å². The maximum Gasteiger partial charge on any atom is 0.123 e. The first-order chi connectivity index (χ1) is 16.5. The molecule has 4 saturated carbocycles. The molecular formula is C33H51NO. The molecule has 0 aromatic carbocycles. The summed E-state index contributed by atoms with van der Waals surface area (Å²) < 4.78 is 0. The van der Waals surface area contributed by atoms with Gasteiger partial charge in [-0.25, -0.2) is 0 Å². The predicted octanol–water partition coefficient (Wildman–Crippen LogP) is 8.01. The molecule has 4 fully saturated rings. The molecule has 35 heavy (non-hydrogen) atoms. The van der Waals surface area contributed by atoms with E-state index in [4.69, 9.17) is 5.73 Å². The molecule has 9 unspecified atom stereocenters. The zero-order chi connectivity index (χ0) is 24.9. The first-order valence-electron chi connectivity index (χ1n) is 15.1. The van der Waals surface area contributed by atoms with Crippen LogP contribution in [0.15, 0.2) is 23.3 Å². The summed E-state index contributed by atoms with van der Waals surface area (Å²) in [5, 5.41) is 0. The molecule has 0 saturated heterocycles. The molecule has 0 aromatic heterocycles. The van der Waals surface area contributed by atoms with Crippen LogP contribution in [-0.2, 0) is 4.79 Å². The highest BCUT2D eigenvalue weighted by atomic mass is 16.1. The molecule has 0 aromatic rings. The molecule has 2 heteroatoms. The Labute approximate surface area is 215 Å². The number of carbonyl (C=O) groups excluding carboxylic acids is 1. The van der Waals surface area contributed by atoms with Gasteiger partial charge in [0.1, 0.15) is 6.29 Å². The van der Waals surface area contributed by atoms with Gasteiger partial charge in [0.2, 0.25) is 0 Å². The van der Waals surface area contributed by atoms with Gasteiger partial charge < -0.3 is 10.5 Å². The van der Waals surface area contributed by atoms with Crippen LogP contribution in [0.25, 0.3) is 0 Å². The Bertz CT molecular complexity index is 960. The maximum absolute atomic E-state index is 11.3. The highest BCUT2D eigenvalue weighted by Gasteiger charge is 2.69. The Kier molecular flexibility index (Phi) is 5.46. The minimum atomic E-state index is 0.148. The summed E-state index contributed by atoms with van der Waals surface area (Å²) in [7, 11) is 0. The standard InChI is InChI=1S/C33H51NO/c1-29(2)24(23-10-8-22(21-35)9-11-23)14-17-30(3)27(29)15-18-32(5)28(30)13-12-25-26-7-6-16-33(26,34)20-19-31(25,32)4/h10,14,21-22,25-28H,6-9,11-13,15-20,34H2,1-5H3. The zero-order valence-electron chi connectivity index (χ0n) is 23.3. The summed E-state index contributed by atoms with van der Waals surface area (Å²) in [5.74, 6) is 3.42. The largest absolute Gasteiger partial charge is 0.325 e. The molecule has 0 aliphatic heterocycles. The molecule has 2 nitrogen and oxygen atoms in total. The number of allylic oxidation sites excluding steroid dienone is 4. The summed E-state index contributed by atoms with van der Waals surface area (Å²) in [6.45, 7) is 13.3. The summed E-state index contributed by atoms with van der Waals surface area (Å²) in [4.78, 5) is 11.3. The average Bonchev–Trinajstić information content (AvgIpc) is 3.21. The van der Waals surface area contributed by atoms with Crippen LogP contribution in [0.2, 0.25) is 0 Å². The van der Waals surface area contributed by atoms with E-state index in [2.05, 4.69) is 46.8 Å². The van der Waals surface area contributed by atoms with Crippen molar-refractivity contribution in [3.8, 4) is 0 Å². The Hall–Kier alpha value is -0.890.